The van der Waals surface area contributed by atoms with Crippen LogP contribution in [0, 0.1) is 0 Å². The molecule has 0 fully saturated rings. The smallest absolute Gasteiger partial charge is 0.335 e. The van der Waals surface area contributed by atoms with Crippen molar-refractivity contribution in [2.45, 2.75) is 20.3 Å². The maximum atomic E-state index is 10.7. The lowest BCUT2D eigenvalue weighted by molar-refractivity contribution is 0.0697. The highest BCUT2D eigenvalue weighted by Crippen LogP contribution is 2.13. The van der Waals surface area contributed by atoms with E-state index >= 15 is 0 Å². The van der Waals surface area contributed by atoms with Crippen molar-refractivity contribution < 1.29 is 14.6 Å². The van der Waals surface area contributed by atoms with Crippen molar-refractivity contribution in [3.05, 3.63) is 29.8 Å². The summed E-state index contributed by atoms with van der Waals surface area (Å²) in [7, 11) is 0. The van der Waals surface area contributed by atoms with Crippen LogP contribution in [0.5, 0.6) is 5.75 Å². The van der Waals surface area contributed by atoms with Gasteiger partial charge in [-0.15, -0.1) is 0 Å². The fraction of sp³-hybridized carbons (Fsp3) is 0.562. The molecule has 0 radical (unpaired) electrons. The van der Waals surface area contributed by atoms with Gasteiger partial charge in [0.2, 0.25) is 0 Å². The van der Waals surface area contributed by atoms with Crippen LogP contribution in [0.4, 0.5) is 0 Å². The number of thioether (sulfide) groups is 1. The Morgan fingerprint density at radius 2 is 1.86 bits per heavy atom. The fourth-order valence-electron chi connectivity index (χ4n) is 1.88. The Bertz CT molecular complexity index is 404. The number of aromatic carboxylic acids is 1. The molecule has 0 aliphatic carbocycles. The van der Waals surface area contributed by atoms with Gasteiger partial charge in [0.05, 0.1) is 12.2 Å². The summed E-state index contributed by atoms with van der Waals surface area (Å²) in [6.07, 6.45) is 1.00. The lowest BCUT2D eigenvalue weighted by Gasteiger charge is -2.17. The van der Waals surface area contributed by atoms with Gasteiger partial charge >= 0.3 is 5.97 Å². The first-order valence-corrected chi connectivity index (χ1v) is 8.59. The average Bonchev–Trinajstić information content (AvgIpc) is 2.50. The number of benzene rings is 1. The maximum Gasteiger partial charge on any atom is 0.335 e. The second-order valence-corrected chi connectivity index (χ2v) is 5.90. The Morgan fingerprint density at radius 3 is 2.43 bits per heavy atom. The number of ether oxygens (including phenoxy) is 1. The van der Waals surface area contributed by atoms with Gasteiger partial charge in [-0.2, -0.15) is 11.8 Å². The van der Waals surface area contributed by atoms with Crippen LogP contribution >= 0.6 is 11.8 Å². The van der Waals surface area contributed by atoms with E-state index in [1.807, 2.05) is 11.8 Å². The minimum absolute atomic E-state index is 0.286. The average molecular weight is 311 g/mol. The second-order valence-electron chi connectivity index (χ2n) is 4.67. The van der Waals surface area contributed by atoms with E-state index in [9.17, 15) is 4.79 Å². The summed E-state index contributed by atoms with van der Waals surface area (Å²) in [5.74, 6) is 2.07. The van der Waals surface area contributed by atoms with Crippen LogP contribution in [0.2, 0.25) is 0 Å². The molecule has 1 aromatic carbocycles. The molecule has 0 saturated heterocycles. The van der Waals surface area contributed by atoms with Crippen LogP contribution in [0.1, 0.15) is 30.6 Å². The van der Waals surface area contributed by atoms with Crippen LogP contribution < -0.4 is 4.74 Å². The minimum Gasteiger partial charge on any atom is -0.494 e. The molecule has 0 atom stereocenters. The summed E-state index contributed by atoms with van der Waals surface area (Å²) in [6, 6.07) is 6.54. The topological polar surface area (TPSA) is 49.8 Å². The van der Waals surface area contributed by atoms with Crippen molar-refractivity contribution in [2.24, 2.45) is 0 Å². The number of nitrogens with zero attached hydrogens (tertiary/aromatic N) is 1. The molecule has 0 heterocycles. The molecule has 1 rings (SSSR count). The van der Waals surface area contributed by atoms with Crippen molar-refractivity contribution >= 4 is 17.7 Å². The van der Waals surface area contributed by atoms with Gasteiger partial charge in [-0.3, -0.25) is 0 Å². The third-order valence-corrected chi connectivity index (χ3v) is 4.30. The van der Waals surface area contributed by atoms with E-state index in [0.717, 1.165) is 43.3 Å². The van der Waals surface area contributed by atoms with Gasteiger partial charge in [-0.1, -0.05) is 13.8 Å². The summed E-state index contributed by atoms with van der Waals surface area (Å²) < 4.78 is 5.59. The third-order valence-electron chi connectivity index (χ3n) is 3.25. The van der Waals surface area contributed by atoms with Crippen molar-refractivity contribution in [3.63, 3.8) is 0 Å². The van der Waals surface area contributed by atoms with Gasteiger partial charge < -0.3 is 14.7 Å². The van der Waals surface area contributed by atoms with Crippen LogP contribution in [0.15, 0.2) is 24.3 Å². The molecule has 0 saturated carbocycles. The van der Waals surface area contributed by atoms with E-state index in [4.69, 9.17) is 9.84 Å². The van der Waals surface area contributed by atoms with Gasteiger partial charge in [0.25, 0.3) is 0 Å². The van der Waals surface area contributed by atoms with E-state index in [0.29, 0.717) is 6.61 Å². The molecular formula is C16H25NO3S. The quantitative estimate of drug-likeness (QED) is 0.636. The lowest BCUT2D eigenvalue weighted by Crippen LogP contribution is -2.25. The standard InChI is InChI=1S/C16H25NO3S/c1-3-17(4-2)10-13-21-12-5-11-20-15-8-6-14(7-9-15)16(18)19/h6-9H,3-5,10-13H2,1-2H3,(H,18,19). The minimum atomic E-state index is -0.911. The molecule has 5 heteroatoms. The highest BCUT2D eigenvalue weighted by molar-refractivity contribution is 7.99. The van der Waals surface area contributed by atoms with Crippen LogP contribution in [0.25, 0.3) is 0 Å². The number of carboxylic acids is 1. The summed E-state index contributed by atoms with van der Waals surface area (Å²) in [5, 5.41) is 8.80. The predicted octanol–water partition coefficient (Wildman–Crippen LogP) is 3.23. The fourth-order valence-corrected chi connectivity index (χ4v) is 2.79. The van der Waals surface area contributed by atoms with E-state index in [-0.39, 0.29) is 5.56 Å². The molecule has 1 N–H and O–H groups in total. The highest BCUT2D eigenvalue weighted by Gasteiger charge is 2.02. The molecule has 1 aromatic rings. The van der Waals surface area contributed by atoms with Crippen molar-refractivity contribution in [1.82, 2.24) is 4.90 Å². The van der Waals surface area contributed by atoms with Crippen molar-refractivity contribution in [3.8, 4) is 5.75 Å². The first-order valence-electron chi connectivity index (χ1n) is 7.43. The molecule has 4 nitrogen and oxygen atoms in total. The molecule has 0 amide bonds. The molecule has 0 aromatic heterocycles. The zero-order valence-corrected chi connectivity index (χ0v) is 13.7. The molecule has 0 unspecified atom stereocenters. The van der Waals surface area contributed by atoms with Gasteiger partial charge in [0, 0.05) is 12.3 Å². The SMILES string of the molecule is CCN(CC)CCSCCCOc1ccc(C(=O)O)cc1. The molecule has 118 valence electrons. The van der Waals surface area contributed by atoms with E-state index < -0.39 is 5.97 Å². The molecule has 0 aliphatic rings. The van der Waals surface area contributed by atoms with Crippen molar-refractivity contribution in [1.29, 1.82) is 0 Å². The number of rotatable bonds is 11. The van der Waals surface area contributed by atoms with E-state index in [1.165, 1.54) is 0 Å². The summed E-state index contributed by atoms with van der Waals surface area (Å²) in [5.41, 5.74) is 0.286. The zero-order chi connectivity index (χ0) is 15.5. The van der Waals surface area contributed by atoms with E-state index in [1.54, 1.807) is 24.3 Å². The normalized spacial score (nSPS) is 10.8. The number of hydrogen-bond acceptors (Lipinski definition) is 4. The van der Waals surface area contributed by atoms with Crippen LogP contribution in [-0.2, 0) is 0 Å². The third kappa shape index (κ3) is 7.39. The Morgan fingerprint density at radius 1 is 1.19 bits per heavy atom. The summed E-state index contributed by atoms with van der Waals surface area (Å²) in [4.78, 5) is 13.1. The number of carboxylic acid groups (broad SMARTS) is 1. The molecule has 21 heavy (non-hydrogen) atoms. The second kappa shape index (κ2) is 10.5. The molecular weight excluding hydrogens is 286 g/mol. The van der Waals surface area contributed by atoms with Gasteiger partial charge in [-0.05, 0) is 49.5 Å². The molecule has 0 aliphatic heterocycles. The van der Waals surface area contributed by atoms with Gasteiger partial charge in [0.1, 0.15) is 5.75 Å². The molecule has 0 bridgehead atoms. The largest absolute Gasteiger partial charge is 0.494 e. The lowest BCUT2D eigenvalue weighted by atomic mass is 10.2. The summed E-state index contributed by atoms with van der Waals surface area (Å²) in [6.45, 7) is 8.44. The number of carbonyl (C=O) groups is 1. The highest BCUT2D eigenvalue weighted by atomic mass is 32.2. The van der Waals surface area contributed by atoms with Crippen molar-refractivity contribution in [2.75, 3.05) is 37.7 Å². The summed E-state index contributed by atoms with van der Waals surface area (Å²) >= 11 is 1.95. The Labute approximate surface area is 131 Å². The first kappa shape index (κ1) is 17.9. The monoisotopic (exact) mass is 311 g/mol. The van der Waals surface area contributed by atoms with Crippen LogP contribution in [-0.4, -0.2) is 53.7 Å². The number of hydrogen-bond donors (Lipinski definition) is 1. The van der Waals surface area contributed by atoms with Gasteiger partial charge in [-0.25, -0.2) is 4.79 Å². The first-order chi connectivity index (χ1) is 10.2. The molecule has 0 spiro atoms. The zero-order valence-electron chi connectivity index (χ0n) is 12.9. The van der Waals surface area contributed by atoms with Gasteiger partial charge in [0.15, 0.2) is 0 Å². The van der Waals surface area contributed by atoms with Crippen LogP contribution in [0.3, 0.4) is 0 Å². The van der Waals surface area contributed by atoms with E-state index in [2.05, 4.69) is 18.7 Å². The Balaban J connectivity index is 2.07. The predicted molar refractivity (Wildman–Crippen MR) is 88.6 cm³/mol. The Kier molecular flexibility index (Phi) is 8.94. The Hall–Kier alpha value is -1.20. The maximum absolute atomic E-state index is 10.7.